The van der Waals surface area contributed by atoms with Gasteiger partial charge in [0.25, 0.3) is 0 Å². The highest BCUT2D eigenvalue weighted by atomic mass is 127. The summed E-state index contributed by atoms with van der Waals surface area (Å²) >= 11 is 0. The van der Waals surface area contributed by atoms with Crippen molar-refractivity contribution in [3.8, 4) is 0 Å². The number of rotatable bonds is 4. The molecule has 1 aliphatic heterocycles. The molecule has 0 bridgehead atoms. The maximum Gasteiger partial charge on any atom is 0.329 e. The van der Waals surface area contributed by atoms with Gasteiger partial charge in [-0.15, -0.1) is 24.0 Å². The molecular weight excluding hydrogens is 419 g/mol. The molecule has 0 aromatic heterocycles. The van der Waals surface area contributed by atoms with Crippen LogP contribution in [-0.4, -0.2) is 41.0 Å². The normalized spacial score (nSPS) is 18.7. The summed E-state index contributed by atoms with van der Waals surface area (Å²) in [7, 11) is 0. The van der Waals surface area contributed by atoms with Gasteiger partial charge in [0.15, 0.2) is 0 Å². The first kappa shape index (κ1) is 20.9. The Morgan fingerprint density at radius 1 is 1.29 bits per heavy atom. The lowest BCUT2D eigenvalue weighted by Gasteiger charge is -2.29. The van der Waals surface area contributed by atoms with Crippen molar-refractivity contribution < 1.29 is 14.3 Å². The minimum Gasteiger partial charge on any atom is -0.458 e. The van der Waals surface area contributed by atoms with Crippen molar-refractivity contribution in [1.82, 2.24) is 4.90 Å². The number of nitrogens with two attached hydrogens (primary N) is 1. The third-order valence-corrected chi connectivity index (χ3v) is 3.83. The molecule has 1 aromatic carbocycles. The molecule has 1 fully saturated rings. The molecule has 1 saturated heterocycles. The summed E-state index contributed by atoms with van der Waals surface area (Å²) in [4.78, 5) is 26.5. The van der Waals surface area contributed by atoms with Crippen LogP contribution in [0.3, 0.4) is 0 Å². The molecule has 0 unspecified atom stereocenters. The van der Waals surface area contributed by atoms with Crippen LogP contribution in [-0.2, 0) is 20.7 Å². The highest BCUT2D eigenvalue weighted by Gasteiger charge is 2.38. The van der Waals surface area contributed by atoms with E-state index in [-0.39, 0.29) is 35.9 Å². The van der Waals surface area contributed by atoms with E-state index >= 15 is 0 Å². The second-order valence-corrected chi connectivity index (χ2v) is 7.02. The molecule has 6 heteroatoms. The Hall–Kier alpha value is -1.15. The first-order chi connectivity index (χ1) is 10.8. The molecule has 0 saturated carbocycles. The average Bonchev–Trinajstić information content (AvgIpc) is 2.95. The van der Waals surface area contributed by atoms with Crippen molar-refractivity contribution in [2.45, 2.75) is 57.7 Å². The van der Waals surface area contributed by atoms with Gasteiger partial charge in [0.1, 0.15) is 11.6 Å². The second-order valence-electron chi connectivity index (χ2n) is 7.02. The van der Waals surface area contributed by atoms with Crippen LogP contribution in [0, 0.1) is 0 Å². The van der Waals surface area contributed by atoms with E-state index in [2.05, 4.69) is 0 Å². The van der Waals surface area contributed by atoms with Crippen molar-refractivity contribution in [2.75, 3.05) is 6.54 Å². The van der Waals surface area contributed by atoms with Crippen LogP contribution in [0.15, 0.2) is 30.3 Å². The molecule has 0 aliphatic carbocycles. The molecule has 1 heterocycles. The van der Waals surface area contributed by atoms with Gasteiger partial charge < -0.3 is 15.4 Å². The van der Waals surface area contributed by atoms with Crippen LogP contribution in [0.2, 0.25) is 0 Å². The number of nitrogens with zero attached hydrogens (tertiary/aromatic N) is 1. The minimum absolute atomic E-state index is 0. The molecule has 0 spiro atoms. The molecule has 1 amide bonds. The van der Waals surface area contributed by atoms with Crippen molar-refractivity contribution in [1.29, 1.82) is 0 Å². The fourth-order valence-electron chi connectivity index (χ4n) is 2.81. The van der Waals surface area contributed by atoms with Crippen LogP contribution in [0.4, 0.5) is 0 Å². The number of ether oxygens (including phenoxy) is 1. The zero-order valence-electron chi connectivity index (χ0n) is 14.5. The van der Waals surface area contributed by atoms with E-state index < -0.39 is 17.7 Å². The third-order valence-electron chi connectivity index (χ3n) is 3.83. The second kappa shape index (κ2) is 8.80. The molecule has 2 rings (SSSR count). The zero-order valence-corrected chi connectivity index (χ0v) is 16.9. The Balaban J connectivity index is 0.00000288. The van der Waals surface area contributed by atoms with Gasteiger partial charge in [0.05, 0.1) is 6.04 Å². The highest BCUT2D eigenvalue weighted by Crippen LogP contribution is 2.22. The molecule has 2 atom stereocenters. The molecule has 0 radical (unpaired) electrons. The van der Waals surface area contributed by atoms with E-state index in [1.807, 2.05) is 51.1 Å². The Morgan fingerprint density at radius 2 is 1.92 bits per heavy atom. The lowest BCUT2D eigenvalue weighted by atomic mass is 10.1. The standard InChI is InChI=1S/C18H26N2O3.HI/c1-18(2,3)23-17(22)15-10-7-11-20(15)16(21)14(19)12-13-8-5-4-6-9-13;/h4-6,8-9,14-15H,7,10-12,19H2,1-3H3;1H/t14-,15-;/m1./s1. The third kappa shape index (κ3) is 5.73. The van der Waals surface area contributed by atoms with Gasteiger partial charge in [-0.25, -0.2) is 4.79 Å². The van der Waals surface area contributed by atoms with E-state index in [1.165, 1.54) is 0 Å². The molecule has 1 aliphatic rings. The van der Waals surface area contributed by atoms with Crippen molar-refractivity contribution in [3.63, 3.8) is 0 Å². The van der Waals surface area contributed by atoms with Crippen LogP contribution in [0.25, 0.3) is 0 Å². The first-order valence-corrected chi connectivity index (χ1v) is 8.11. The largest absolute Gasteiger partial charge is 0.458 e. The molecule has 134 valence electrons. The van der Waals surface area contributed by atoms with E-state index in [0.717, 1.165) is 12.0 Å². The Labute approximate surface area is 160 Å². The zero-order chi connectivity index (χ0) is 17.0. The summed E-state index contributed by atoms with van der Waals surface area (Å²) in [5.74, 6) is -0.516. The predicted octanol–water partition coefficient (Wildman–Crippen LogP) is 2.51. The van der Waals surface area contributed by atoms with Gasteiger partial charge in [-0.05, 0) is 45.6 Å². The lowest BCUT2D eigenvalue weighted by molar-refractivity contribution is -0.163. The van der Waals surface area contributed by atoms with Crippen molar-refractivity contribution in [3.05, 3.63) is 35.9 Å². The molecular formula is C18H27IN2O3. The molecule has 5 nitrogen and oxygen atoms in total. The van der Waals surface area contributed by atoms with E-state index in [4.69, 9.17) is 10.5 Å². The number of likely N-dealkylation sites (tertiary alicyclic amines) is 1. The quantitative estimate of drug-likeness (QED) is 0.570. The van der Waals surface area contributed by atoms with E-state index in [9.17, 15) is 9.59 Å². The summed E-state index contributed by atoms with van der Waals surface area (Å²) in [6.07, 6.45) is 1.91. The summed E-state index contributed by atoms with van der Waals surface area (Å²) in [6, 6.07) is 8.52. The highest BCUT2D eigenvalue weighted by molar-refractivity contribution is 14.0. The van der Waals surface area contributed by atoms with Gasteiger partial charge >= 0.3 is 5.97 Å². The Kier molecular flexibility index (Phi) is 7.66. The van der Waals surface area contributed by atoms with Gasteiger partial charge in [0, 0.05) is 6.54 Å². The van der Waals surface area contributed by atoms with Gasteiger partial charge in [-0.1, -0.05) is 30.3 Å². The number of carbonyl (C=O) groups excluding carboxylic acids is 2. The van der Waals surface area contributed by atoms with Crippen LogP contribution in [0.1, 0.15) is 39.2 Å². The predicted molar refractivity (Wildman–Crippen MR) is 104 cm³/mol. The smallest absolute Gasteiger partial charge is 0.329 e. The number of amides is 1. The molecule has 24 heavy (non-hydrogen) atoms. The first-order valence-electron chi connectivity index (χ1n) is 8.11. The van der Waals surface area contributed by atoms with Gasteiger partial charge in [-0.2, -0.15) is 0 Å². The summed E-state index contributed by atoms with van der Waals surface area (Å²) in [5.41, 5.74) is 6.54. The number of benzene rings is 1. The Bertz CT molecular complexity index is 557. The molecule has 2 N–H and O–H groups in total. The van der Waals surface area contributed by atoms with Crippen LogP contribution in [0.5, 0.6) is 0 Å². The number of carbonyl (C=O) groups is 2. The number of halogens is 1. The van der Waals surface area contributed by atoms with Crippen LogP contribution >= 0.6 is 24.0 Å². The van der Waals surface area contributed by atoms with Gasteiger partial charge in [-0.3, -0.25) is 4.79 Å². The maximum atomic E-state index is 12.6. The summed E-state index contributed by atoms with van der Waals surface area (Å²) in [5, 5.41) is 0. The topological polar surface area (TPSA) is 72.6 Å². The van der Waals surface area contributed by atoms with Crippen LogP contribution < -0.4 is 5.73 Å². The van der Waals surface area contributed by atoms with Crippen molar-refractivity contribution >= 4 is 35.9 Å². The number of hydrogen-bond donors (Lipinski definition) is 1. The summed E-state index contributed by atoms with van der Waals surface area (Å²) < 4.78 is 5.43. The Morgan fingerprint density at radius 3 is 2.50 bits per heavy atom. The maximum absolute atomic E-state index is 12.6. The monoisotopic (exact) mass is 446 g/mol. The SMILES string of the molecule is CC(C)(C)OC(=O)[C@H]1CCCN1C(=O)[C@H](N)Cc1ccccc1.I. The summed E-state index contributed by atoms with van der Waals surface area (Å²) in [6.45, 7) is 6.04. The van der Waals surface area contributed by atoms with E-state index in [0.29, 0.717) is 19.4 Å². The number of hydrogen-bond acceptors (Lipinski definition) is 4. The minimum atomic E-state index is -0.638. The fraction of sp³-hybridized carbons (Fsp3) is 0.556. The average molecular weight is 446 g/mol. The number of esters is 1. The fourth-order valence-corrected chi connectivity index (χ4v) is 2.81. The van der Waals surface area contributed by atoms with Gasteiger partial charge in [0.2, 0.25) is 5.91 Å². The lowest BCUT2D eigenvalue weighted by Crippen LogP contribution is -2.50. The molecule has 1 aromatic rings. The van der Waals surface area contributed by atoms with E-state index in [1.54, 1.807) is 4.90 Å². The van der Waals surface area contributed by atoms with Crippen molar-refractivity contribution in [2.24, 2.45) is 5.73 Å².